The maximum Gasteiger partial charge on any atom is 0.258 e. The first-order chi connectivity index (χ1) is 10.5. The highest BCUT2D eigenvalue weighted by Gasteiger charge is 2.23. The Hall–Kier alpha value is -0.970. The average molecular weight is 346 g/mol. The molecule has 1 aliphatic rings. The van der Waals surface area contributed by atoms with Crippen molar-refractivity contribution < 1.29 is 14.3 Å². The Kier molecular flexibility index (Phi) is 6.36. The van der Waals surface area contributed by atoms with Gasteiger partial charge in [0.05, 0.1) is 17.2 Å². The minimum atomic E-state index is -0.170. The number of methoxy groups -OCH3 is 1. The van der Waals surface area contributed by atoms with Crippen molar-refractivity contribution in [2.24, 2.45) is 5.92 Å². The Morgan fingerprint density at radius 3 is 2.59 bits per heavy atom. The maximum atomic E-state index is 12.6. The van der Waals surface area contributed by atoms with Crippen molar-refractivity contribution in [2.75, 3.05) is 33.9 Å². The van der Waals surface area contributed by atoms with Gasteiger partial charge in [-0.05, 0) is 37.3 Å². The SMILES string of the molecule is COc1c(Cl)ccc(Cl)c1C(=O)N(C)CCC1CCOCC1. The minimum absolute atomic E-state index is 0.170. The second kappa shape index (κ2) is 8.04. The van der Waals surface area contributed by atoms with Crippen LogP contribution in [0.4, 0.5) is 0 Å². The number of amides is 1. The number of carbonyl (C=O) groups is 1. The number of hydrogen-bond donors (Lipinski definition) is 0. The minimum Gasteiger partial charge on any atom is -0.494 e. The third-order valence-corrected chi connectivity index (χ3v) is 4.65. The van der Waals surface area contributed by atoms with Crippen LogP contribution in [0.3, 0.4) is 0 Å². The van der Waals surface area contributed by atoms with Gasteiger partial charge in [-0.25, -0.2) is 0 Å². The van der Waals surface area contributed by atoms with Gasteiger partial charge < -0.3 is 14.4 Å². The van der Waals surface area contributed by atoms with Gasteiger partial charge in [0, 0.05) is 26.8 Å². The predicted octanol–water partition coefficient (Wildman–Crippen LogP) is 3.89. The summed E-state index contributed by atoms with van der Waals surface area (Å²) < 4.78 is 10.6. The van der Waals surface area contributed by atoms with Gasteiger partial charge in [-0.3, -0.25) is 4.79 Å². The van der Waals surface area contributed by atoms with Crippen LogP contribution in [0.15, 0.2) is 12.1 Å². The van der Waals surface area contributed by atoms with Crippen LogP contribution in [0.2, 0.25) is 10.0 Å². The van der Waals surface area contributed by atoms with Gasteiger partial charge in [0.15, 0.2) is 5.75 Å². The molecule has 6 heteroatoms. The molecule has 0 N–H and O–H groups in total. The third kappa shape index (κ3) is 4.06. The topological polar surface area (TPSA) is 38.8 Å². The molecule has 0 atom stereocenters. The van der Waals surface area contributed by atoms with E-state index in [4.69, 9.17) is 32.7 Å². The summed E-state index contributed by atoms with van der Waals surface area (Å²) in [6.07, 6.45) is 3.08. The summed E-state index contributed by atoms with van der Waals surface area (Å²) in [6.45, 7) is 2.31. The normalized spacial score (nSPS) is 15.6. The van der Waals surface area contributed by atoms with Crippen molar-refractivity contribution in [3.8, 4) is 5.75 Å². The number of benzene rings is 1. The standard InChI is InChI=1S/C16H21Cl2NO3/c1-19(8-5-11-6-9-22-10-7-11)16(20)14-12(17)3-4-13(18)15(14)21-2/h3-4,11H,5-10H2,1-2H3. The number of rotatable bonds is 5. The Morgan fingerprint density at radius 2 is 1.95 bits per heavy atom. The Bertz CT molecular complexity index is 530. The monoisotopic (exact) mass is 345 g/mol. The first-order valence-electron chi connectivity index (χ1n) is 7.39. The molecule has 0 saturated carbocycles. The molecule has 1 saturated heterocycles. The van der Waals surface area contributed by atoms with E-state index in [0.29, 0.717) is 33.8 Å². The molecule has 1 aromatic carbocycles. The molecular formula is C16H21Cl2NO3. The quantitative estimate of drug-likeness (QED) is 0.812. The lowest BCUT2D eigenvalue weighted by atomic mass is 9.96. The van der Waals surface area contributed by atoms with Gasteiger partial charge in [-0.1, -0.05) is 23.2 Å². The van der Waals surface area contributed by atoms with E-state index in [0.717, 1.165) is 32.5 Å². The van der Waals surface area contributed by atoms with Crippen LogP contribution in [0.5, 0.6) is 5.75 Å². The highest BCUT2D eigenvalue weighted by Crippen LogP contribution is 2.34. The second-order valence-corrected chi connectivity index (χ2v) is 6.32. The zero-order valence-corrected chi connectivity index (χ0v) is 14.4. The van der Waals surface area contributed by atoms with Crippen molar-refractivity contribution in [3.05, 3.63) is 27.7 Å². The average Bonchev–Trinajstić information content (AvgIpc) is 2.54. The molecule has 0 bridgehead atoms. The Labute approximate surface area is 141 Å². The van der Waals surface area contributed by atoms with E-state index >= 15 is 0 Å². The van der Waals surface area contributed by atoms with Crippen LogP contribution in [0, 0.1) is 5.92 Å². The first kappa shape index (κ1) is 17.4. The molecule has 1 aromatic rings. The highest BCUT2D eigenvalue weighted by molar-refractivity contribution is 6.37. The molecule has 22 heavy (non-hydrogen) atoms. The molecule has 4 nitrogen and oxygen atoms in total. The fourth-order valence-corrected chi connectivity index (χ4v) is 3.10. The summed E-state index contributed by atoms with van der Waals surface area (Å²) in [5.41, 5.74) is 0.325. The van der Waals surface area contributed by atoms with E-state index in [1.165, 1.54) is 7.11 Å². The van der Waals surface area contributed by atoms with Crippen molar-refractivity contribution in [2.45, 2.75) is 19.3 Å². The molecule has 0 radical (unpaired) electrons. The van der Waals surface area contributed by atoms with Gasteiger partial charge in [0.1, 0.15) is 5.56 Å². The van der Waals surface area contributed by atoms with Gasteiger partial charge >= 0.3 is 0 Å². The molecule has 122 valence electrons. The lowest BCUT2D eigenvalue weighted by Crippen LogP contribution is -2.30. The summed E-state index contributed by atoms with van der Waals surface area (Å²) in [4.78, 5) is 14.3. The van der Waals surface area contributed by atoms with Crippen LogP contribution < -0.4 is 4.74 Å². The molecule has 0 unspecified atom stereocenters. The molecule has 1 heterocycles. The Balaban J connectivity index is 2.05. The molecule has 1 aliphatic heterocycles. The Morgan fingerprint density at radius 1 is 1.32 bits per heavy atom. The lowest BCUT2D eigenvalue weighted by molar-refractivity contribution is 0.0583. The van der Waals surface area contributed by atoms with E-state index in [1.807, 2.05) is 0 Å². The van der Waals surface area contributed by atoms with Gasteiger partial charge in [-0.15, -0.1) is 0 Å². The predicted molar refractivity (Wildman–Crippen MR) is 88.1 cm³/mol. The molecule has 2 rings (SSSR count). The molecular weight excluding hydrogens is 325 g/mol. The van der Waals surface area contributed by atoms with Gasteiger partial charge in [0.2, 0.25) is 0 Å². The zero-order valence-electron chi connectivity index (χ0n) is 12.9. The number of nitrogens with zero attached hydrogens (tertiary/aromatic N) is 1. The highest BCUT2D eigenvalue weighted by atomic mass is 35.5. The smallest absolute Gasteiger partial charge is 0.258 e. The summed E-state index contributed by atoms with van der Waals surface area (Å²) in [7, 11) is 3.26. The van der Waals surface area contributed by atoms with E-state index in [9.17, 15) is 4.79 Å². The van der Waals surface area contributed by atoms with Crippen LogP contribution >= 0.6 is 23.2 Å². The van der Waals surface area contributed by atoms with E-state index in [1.54, 1.807) is 24.1 Å². The van der Waals surface area contributed by atoms with Crippen LogP contribution in [0.25, 0.3) is 0 Å². The van der Waals surface area contributed by atoms with Crippen LogP contribution in [0.1, 0.15) is 29.6 Å². The summed E-state index contributed by atoms with van der Waals surface area (Å²) in [5, 5.41) is 0.734. The lowest BCUT2D eigenvalue weighted by Gasteiger charge is -2.25. The number of carbonyl (C=O) groups excluding carboxylic acids is 1. The zero-order chi connectivity index (χ0) is 16.1. The first-order valence-corrected chi connectivity index (χ1v) is 8.15. The summed E-state index contributed by atoms with van der Waals surface area (Å²) in [6, 6.07) is 3.24. The van der Waals surface area contributed by atoms with Gasteiger partial charge in [0.25, 0.3) is 5.91 Å². The molecule has 0 aromatic heterocycles. The van der Waals surface area contributed by atoms with E-state index in [-0.39, 0.29) is 5.91 Å². The fourth-order valence-electron chi connectivity index (χ4n) is 2.64. The summed E-state index contributed by atoms with van der Waals surface area (Å²) >= 11 is 12.2. The van der Waals surface area contributed by atoms with E-state index < -0.39 is 0 Å². The van der Waals surface area contributed by atoms with Crippen LogP contribution in [-0.2, 0) is 4.74 Å². The third-order valence-electron chi connectivity index (χ3n) is 4.04. The summed E-state index contributed by atoms with van der Waals surface area (Å²) in [5.74, 6) is 0.772. The number of hydrogen-bond acceptors (Lipinski definition) is 3. The van der Waals surface area contributed by atoms with E-state index in [2.05, 4.69) is 0 Å². The van der Waals surface area contributed by atoms with Crippen molar-refractivity contribution >= 4 is 29.1 Å². The van der Waals surface area contributed by atoms with Crippen molar-refractivity contribution in [1.82, 2.24) is 4.90 Å². The fraction of sp³-hybridized carbons (Fsp3) is 0.562. The molecule has 1 amide bonds. The van der Waals surface area contributed by atoms with Crippen molar-refractivity contribution in [3.63, 3.8) is 0 Å². The largest absolute Gasteiger partial charge is 0.494 e. The number of halogens is 2. The molecule has 0 spiro atoms. The number of ether oxygens (including phenoxy) is 2. The van der Waals surface area contributed by atoms with Crippen LogP contribution in [-0.4, -0.2) is 44.7 Å². The molecule has 0 aliphatic carbocycles. The van der Waals surface area contributed by atoms with Gasteiger partial charge in [-0.2, -0.15) is 0 Å². The molecule has 1 fully saturated rings. The maximum absolute atomic E-state index is 12.6. The van der Waals surface area contributed by atoms with Crippen molar-refractivity contribution in [1.29, 1.82) is 0 Å². The second-order valence-electron chi connectivity index (χ2n) is 5.51.